The van der Waals surface area contributed by atoms with Crippen molar-refractivity contribution in [2.75, 3.05) is 32.2 Å². The van der Waals surface area contributed by atoms with Crippen molar-refractivity contribution < 1.29 is 4.74 Å². The lowest BCUT2D eigenvalue weighted by Gasteiger charge is -2.34. The Balaban J connectivity index is 2.12. The minimum absolute atomic E-state index is 0.586. The predicted octanol–water partition coefficient (Wildman–Crippen LogP) is 2.75. The van der Waals surface area contributed by atoms with Gasteiger partial charge < -0.3 is 4.74 Å². The molecule has 1 rings (SSSR count). The molecule has 0 aromatic rings. The van der Waals surface area contributed by atoms with Crippen LogP contribution in [0.5, 0.6) is 0 Å². The number of nitrogens with zero attached hydrogens (tertiary/aromatic N) is 1. The van der Waals surface area contributed by atoms with Gasteiger partial charge in [-0.25, -0.2) is 0 Å². The van der Waals surface area contributed by atoms with Crippen LogP contribution in [0.4, 0.5) is 0 Å². The number of rotatable bonds is 6. The van der Waals surface area contributed by atoms with Crippen LogP contribution >= 0.6 is 11.6 Å². The highest BCUT2D eigenvalue weighted by Crippen LogP contribution is 2.17. The van der Waals surface area contributed by atoms with Crippen molar-refractivity contribution >= 4 is 11.6 Å². The summed E-state index contributed by atoms with van der Waals surface area (Å²) >= 11 is 5.96. The van der Waals surface area contributed by atoms with E-state index in [1.807, 2.05) is 0 Å². The number of hydrogen-bond acceptors (Lipinski definition) is 2. The molecule has 3 heteroatoms. The first-order chi connectivity index (χ1) is 7.24. The maximum absolute atomic E-state index is 5.96. The summed E-state index contributed by atoms with van der Waals surface area (Å²) in [6.45, 7) is 8.34. The zero-order valence-corrected chi connectivity index (χ0v) is 10.8. The van der Waals surface area contributed by atoms with Crippen LogP contribution in [0.1, 0.15) is 33.1 Å². The van der Waals surface area contributed by atoms with Crippen molar-refractivity contribution in [3.8, 4) is 0 Å². The molecule has 0 amide bonds. The largest absolute Gasteiger partial charge is 0.380 e. The summed E-state index contributed by atoms with van der Waals surface area (Å²) in [4.78, 5) is 2.48. The minimum Gasteiger partial charge on any atom is -0.380 e. The fourth-order valence-electron chi connectivity index (χ4n) is 2.03. The number of halogens is 1. The van der Waals surface area contributed by atoms with Crippen molar-refractivity contribution in [2.24, 2.45) is 5.92 Å². The zero-order valence-electron chi connectivity index (χ0n) is 10.0. The minimum atomic E-state index is 0.586. The van der Waals surface area contributed by atoms with Gasteiger partial charge in [0.15, 0.2) is 0 Å². The standard InChI is InChI=1S/C12H24ClNO/c1-11(2)10-15-8-7-14-6-4-3-5-12(14)9-13/h11-12H,3-10H2,1-2H3. The van der Waals surface area contributed by atoms with E-state index in [1.165, 1.54) is 25.8 Å². The molecule has 1 atom stereocenters. The van der Waals surface area contributed by atoms with Crippen molar-refractivity contribution in [3.05, 3.63) is 0 Å². The van der Waals surface area contributed by atoms with Crippen LogP contribution in [0, 0.1) is 5.92 Å². The number of likely N-dealkylation sites (tertiary alicyclic amines) is 1. The van der Waals surface area contributed by atoms with Crippen molar-refractivity contribution in [2.45, 2.75) is 39.2 Å². The highest BCUT2D eigenvalue weighted by molar-refractivity contribution is 6.18. The Hall–Kier alpha value is 0.210. The van der Waals surface area contributed by atoms with Gasteiger partial charge in [0.1, 0.15) is 0 Å². The summed E-state index contributed by atoms with van der Waals surface area (Å²) in [6.07, 6.45) is 3.91. The first kappa shape index (κ1) is 13.3. The molecule has 90 valence electrons. The van der Waals surface area contributed by atoms with Crippen molar-refractivity contribution in [1.29, 1.82) is 0 Å². The molecule has 1 unspecified atom stereocenters. The maximum Gasteiger partial charge on any atom is 0.0593 e. The second-order valence-corrected chi connectivity index (χ2v) is 5.12. The smallest absolute Gasteiger partial charge is 0.0593 e. The zero-order chi connectivity index (χ0) is 11.1. The van der Waals surface area contributed by atoms with E-state index in [9.17, 15) is 0 Å². The molecule has 1 saturated heterocycles. The topological polar surface area (TPSA) is 12.5 Å². The summed E-state index contributed by atoms with van der Waals surface area (Å²) in [5, 5.41) is 0. The van der Waals surface area contributed by atoms with E-state index in [2.05, 4.69) is 18.7 Å². The summed E-state index contributed by atoms with van der Waals surface area (Å²) in [5.41, 5.74) is 0. The summed E-state index contributed by atoms with van der Waals surface area (Å²) in [6, 6.07) is 0.586. The Morgan fingerprint density at radius 3 is 2.87 bits per heavy atom. The fourth-order valence-corrected chi connectivity index (χ4v) is 2.38. The number of ether oxygens (including phenoxy) is 1. The second-order valence-electron chi connectivity index (χ2n) is 4.81. The molecule has 0 aliphatic carbocycles. The van der Waals surface area contributed by atoms with Crippen LogP contribution in [-0.4, -0.2) is 43.1 Å². The third kappa shape index (κ3) is 5.19. The predicted molar refractivity (Wildman–Crippen MR) is 65.6 cm³/mol. The van der Waals surface area contributed by atoms with Gasteiger partial charge in [0.05, 0.1) is 6.61 Å². The molecular weight excluding hydrogens is 210 g/mol. The SMILES string of the molecule is CC(C)COCCN1CCCCC1CCl. The molecule has 0 saturated carbocycles. The molecule has 0 spiro atoms. The molecular formula is C12H24ClNO. The van der Waals surface area contributed by atoms with Crippen LogP contribution in [0.2, 0.25) is 0 Å². The van der Waals surface area contributed by atoms with Crippen LogP contribution in [-0.2, 0) is 4.74 Å². The lowest BCUT2D eigenvalue weighted by atomic mass is 10.0. The van der Waals surface area contributed by atoms with E-state index in [0.29, 0.717) is 12.0 Å². The highest BCUT2D eigenvalue weighted by Gasteiger charge is 2.20. The van der Waals surface area contributed by atoms with Crippen LogP contribution in [0.25, 0.3) is 0 Å². The van der Waals surface area contributed by atoms with Gasteiger partial charge in [0.25, 0.3) is 0 Å². The first-order valence-corrected chi connectivity index (χ1v) is 6.65. The van der Waals surface area contributed by atoms with E-state index in [0.717, 1.165) is 25.6 Å². The Labute approximate surface area is 98.9 Å². The van der Waals surface area contributed by atoms with E-state index in [4.69, 9.17) is 16.3 Å². The molecule has 1 fully saturated rings. The normalized spacial score (nSPS) is 23.6. The second kappa shape index (κ2) is 7.48. The van der Waals surface area contributed by atoms with Gasteiger partial charge in [-0.05, 0) is 25.3 Å². The van der Waals surface area contributed by atoms with Gasteiger partial charge >= 0.3 is 0 Å². The molecule has 0 bridgehead atoms. The van der Waals surface area contributed by atoms with E-state index >= 15 is 0 Å². The third-order valence-corrected chi connectivity index (χ3v) is 3.26. The summed E-state index contributed by atoms with van der Waals surface area (Å²) in [5.74, 6) is 1.40. The van der Waals surface area contributed by atoms with Crippen LogP contribution in [0.3, 0.4) is 0 Å². The summed E-state index contributed by atoms with van der Waals surface area (Å²) in [7, 11) is 0. The Kier molecular flexibility index (Phi) is 6.62. The van der Waals surface area contributed by atoms with Crippen molar-refractivity contribution in [3.63, 3.8) is 0 Å². The number of hydrogen-bond donors (Lipinski definition) is 0. The van der Waals surface area contributed by atoms with Gasteiger partial charge in [-0.2, -0.15) is 0 Å². The summed E-state index contributed by atoms with van der Waals surface area (Å²) < 4.78 is 5.61. The van der Waals surface area contributed by atoms with Crippen LogP contribution in [0.15, 0.2) is 0 Å². The molecule has 1 heterocycles. The lowest BCUT2D eigenvalue weighted by molar-refractivity contribution is 0.0648. The Morgan fingerprint density at radius 2 is 2.20 bits per heavy atom. The molecule has 15 heavy (non-hydrogen) atoms. The van der Waals surface area contributed by atoms with E-state index in [-0.39, 0.29) is 0 Å². The van der Waals surface area contributed by atoms with Crippen LogP contribution < -0.4 is 0 Å². The Morgan fingerprint density at radius 1 is 1.40 bits per heavy atom. The van der Waals surface area contributed by atoms with Gasteiger partial charge in [-0.3, -0.25) is 4.90 Å². The van der Waals surface area contributed by atoms with Gasteiger partial charge in [0.2, 0.25) is 0 Å². The number of alkyl halides is 1. The quantitative estimate of drug-likeness (QED) is 0.517. The molecule has 0 aromatic heterocycles. The monoisotopic (exact) mass is 233 g/mol. The third-order valence-electron chi connectivity index (χ3n) is 2.90. The van der Waals surface area contributed by atoms with Gasteiger partial charge in [0, 0.05) is 25.1 Å². The highest BCUT2D eigenvalue weighted by atomic mass is 35.5. The molecule has 0 N–H and O–H groups in total. The first-order valence-electron chi connectivity index (χ1n) is 6.11. The van der Waals surface area contributed by atoms with E-state index < -0.39 is 0 Å². The maximum atomic E-state index is 5.96. The number of piperidine rings is 1. The molecule has 2 nitrogen and oxygen atoms in total. The molecule has 0 radical (unpaired) electrons. The molecule has 0 aromatic carbocycles. The van der Waals surface area contributed by atoms with Crippen molar-refractivity contribution in [1.82, 2.24) is 4.90 Å². The van der Waals surface area contributed by atoms with Gasteiger partial charge in [-0.15, -0.1) is 11.6 Å². The lowest BCUT2D eigenvalue weighted by Crippen LogP contribution is -2.42. The van der Waals surface area contributed by atoms with Gasteiger partial charge in [-0.1, -0.05) is 20.3 Å². The van der Waals surface area contributed by atoms with E-state index in [1.54, 1.807) is 0 Å². The Bertz CT molecular complexity index is 164. The average molecular weight is 234 g/mol. The molecule has 1 aliphatic heterocycles. The fraction of sp³-hybridized carbons (Fsp3) is 1.00. The average Bonchev–Trinajstić information content (AvgIpc) is 2.24. The molecule has 1 aliphatic rings.